The second kappa shape index (κ2) is 5.08. The Balaban J connectivity index is 2.08. The fourth-order valence-electron chi connectivity index (χ4n) is 1.96. The zero-order valence-electron chi connectivity index (χ0n) is 10.0. The zero-order chi connectivity index (χ0) is 12.3. The molecule has 0 aliphatic heterocycles. The third kappa shape index (κ3) is 2.52. The molecule has 0 radical (unpaired) electrons. The molecule has 0 atom stereocenters. The van der Waals surface area contributed by atoms with Crippen molar-refractivity contribution in [3.05, 3.63) is 23.8 Å². The quantitative estimate of drug-likeness (QED) is 0.619. The largest absolute Gasteiger partial charge is 0.465 e. The van der Waals surface area contributed by atoms with Crippen molar-refractivity contribution in [2.75, 3.05) is 24.7 Å². The lowest BCUT2D eigenvalue weighted by molar-refractivity contribution is 0.0602. The number of nitrogens with two attached hydrogens (primary N) is 1. The summed E-state index contributed by atoms with van der Waals surface area (Å²) in [6.07, 6.45) is 3.89. The van der Waals surface area contributed by atoms with Gasteiger partial charge < -0.3 is 15.8 Å². The smallest absolute Gasteiger partial charge is 0.340 e. The number of methoxy groups -OCH3 is 1. The summed E-state index contributed by atoms with van der Waals surface area (Å²) in [5.74, 6) is 0.353. The van der Waals surface area contributed by atoms with E-state index in [1.54, 1.807) is 6.07 Å². The van der Waals surface area contributed by atoms with Crippen LogP contribution in [0.5, 0.6) is 0 Å². The Hall–Kier alpha value is -1.71. The number of hydrogen-bond acceptors (Lipinski definition) is 4. The average molecular weight is 234 g/mol. The van der Waals surface area contributed by atoms with Gasteiger partial charge in [0.25, 0.3) is 0 Å². The molecule has 4 heteroatoms. The molecule has 92 valence electrons. The van der Waals surface area contributed by atoms with Gasteiger partial charge in [0.1, 0.15) is 0 Å². The molecule has 4 nitrogen and oxygen atoms in total. The molecule has 1 fully saturated rings. The third-order valence-electron chi connectivity index (χ3n) is 3.32. The Morgan fingerprint density at radius 3 is 2.88 bits per heavy atom. The number of nitrogen functional groups attached to an aromatic ring is 1. The summed E-state index contributed by atoms with van der Waals surface area (Å²) in [7, 11) is 1.36. The van der Waals surface area contributed by atoms with E-state index in [1.165, 1.54) is 26.4 Å². The number of nitrogens with one attached hydrogen (secondary N) is 1. The van der Waals surface area contributed by atoms with Crippen LogP contribution < -0.4 is 11.1 Å². The van der Waals surface area contributed by atoms with Crippen LogP contribution in [0.4, 0.5) is 11.4 Å². The minimum atomic E-state index is -0.394. The molecule has 1 aliphatic carbocycles. The van der Waals surface area contributed by atoms with Gasteiger partial charge in [-0.3, -0.25) is 0 Å². The molecular weight excluding hydrogens is 216 g/mol. The van der Waals surface area contributed by atoms with Gasteiger partial charge in [-0.05, 0) is 30.9 Å². The molecule has 1 saturated carbocycles. The van der Waals surface area contributed by atoms with E-state index in [0.717, 1.165) is 18.2 Å². The number of carbonyl (C=O) groups excluding carboxylic acids is 1. The second-order valence-electron chi connectivity index (χ2n) is 4.44. The first-order chi connectivity index (χ1) is 8.22. The van der Waals surface area contributed by atoms with E-state index in [0.29, 0.717) is 11.3 Å². The van der Waals surface area contributed by atoms with Gasteiger partial charge >= 0.3 is 5.97 Å². The van der Waals surface area contributed by atoms with Crippen LogP contribution in [-0.2, 0) is 4.74 Å². The maximum absolute atomic E-state index is 11.5. The predicted molar refractivity (Wildman–Crippen MR) is 68.0 cm³/mol. The summed E-state index contributed by atoms with van der Waals surface area (Å²) >= 11 is 0. The van der Waals surface area contributed by atoms with Crippen LogP contribution in [0.1, 0.15) is 29.6 Å². The van der Waals surface area contributed by atoms with Crippen LogP contribution in [0.2, 0.25) is 0 Å². The number of ether oxygens (including phenoxy) is 1. The van der Waals surface area contributed by atoms with Gasteiger partial charge in [-0.15, -0.1) is 0 Å². The molecule has 0 heterocycles. The zero-order valence-corrected chi connectivity index (χ0v) is 10.0. The lowest BCUT2D eigenvalue weighted by Crippen LogP contribution is -2.21. The molecule has 0 amide bonds. The minimum absolute atomic E-state index is 0.394. The summed E-state index contributed by atoms with van der Waals surface area (Å²) in [6.45, 7) is 0.925. The van der Waals surface area contributed by atoms with Crippen molar-refractivity contribution >= 4 is 17.3 Å². The molecule has 1 aliphatic rings. The van der Waals surface area contributed by atoms with Crippen LogP contribution in [0.25, 0.3) is 0 Å². The third-order valence-corrected chi connectivity index (χ3v) is 3.32. The summed E-state index contributed by atoms with van der Waals surface area (Å²) in [5, 5.41) is 3.30. The molecule has 0 spiro atoms. The van der Waals surface area contributed by atoms with Gasteiger partial charge in [0.15, 0.2) is 0 Å². The highest BCUT2D eigenvalue weighted by molar-refractivity contribution is 5.98. The lowest BCUT2D eigenvalue weighted by atomic mass is 9.85. The number of anilines is 2. The molecule has 0 bridgehead atoms. The second-order valence-corrected chi connectivity index (χ2v) is 4.44. The van der Waals surface area contributed by atoms with Crippen molar-refractivity contribution in [1.82, 2.24) is 0 Å². The first-order valence-electron chi connectivity index (χ1n) is 5.93. The van der Waals surface area contributed by atoms with E-state index >= 15 is 0 Å². The maximum atomic E-state index is 11.5. The SMILES string of the molecule is COC(=O)c1cccc(NCC2CCC2)c1N. The number of benzene rings is 1. The normalized spacial score (nSPS) is 15.1. The van der Waals surface area contributed by atoms with Gasteiger partial charge in [0.2, 0.25) is 0 Å². The average Bonchev–Trinajstić information content (AvgIpc) is 2.28. The van der Waals surface area contributed by atoms with Crippen molar-refractivity contribution in [2.45, 2.75) is 19.3 Å². The Morgan fingerprint density at radius 1 is 1.53 bits per heavy atom. The van der Waals surface area contributed by atoms with Crippen molar-refractivity contribution in [3.63, 3.8) is 0 Å². The van der Waals surface area contributed by atoms with E-state index < -0.39 is 5.97 Å². The molecule has 2 rings (SSSR count). The van der Waals surface area contributed by atoms with Gasteiger partial charge in [0.05, 0.1) is 24.0 Å². The van der Waals surface area contributed by atoms with E-state index in [9.17, 15) is 4.79 Å². The highest BCUT2D eigenvalue weighted by Gasteiger charge is 2.18. The van der Waals surface area contributed by atoms with Crippen LogP contribution in [-0.4, -0.2) is 19.6 Å². The van der Waals surface area contributed by atoms with Gasteiger partial charge in [-0.1, -0.05) is 12.5 Å². The van der Waals surface area contributed by atoms with Gasteiger partial charge in [0, 0.05) is 6.54 Å². The fraction of sp³-hybridized carbons (Fsp3) is 0.462. The monoisotopic (exact) mass is 234 g/mol. The maximum Gasteiger partial charge on any atom is 0.340 e. The van der Waals surface area contributed by atoms with Crippen LogP contribution in [0.3, 0.4) is 0 Å². The first-order valence-corrected chi connectivity index (χ1v) is 5.93. The molecule has 1 aromatic carbocycles. The lowest BCUT2D eigenvalue weighted by Gasteiger charge is -2.26. The van der Waals surface area contributed by atoms with Crippen LogP contribution in [0.15, 0.2) is 18.2 Å². The van der Waals surface area contributed by atoms with E-state index in [1.807, 2.05) is 12.1 Å². The molecular formula is C13H18N2O2. The van der Waals surface area contributed by atoms with Crippen LogP contribution >= 0.6 is 0 Å². The minimum Gasteiger partial charge on any atom is -0.465 e. The topological polar surface area (TPSA) is 64.3 Å². The first kappa shape index (κ1) is 11.8. The molecule has 1 aromatic rings. The van der Waals surface area contributed by atoms with Crippen molar-refractivity contribution in [2.24, 2.45) is 5.92 Å². The Bertz CT molecular complexity index is 414. The molecule has 17 heavy (non-hydrogen) atoms. The van der Waals surface area contributed by atoms with Crippen molar-refractivity contribution < 1.29 is 9.53 Å². The number of hydrogen-bond donors (Lipinski definition) is 2. The highest BCUT2D eigenvalue weighted by Crippen LogP contribution is 2.28. The highest BCUT2D eigenvalue weighted by atomic mass is 16.5. The summed E-state index contributed by atoms with van der Waals surface area (Å²) < 4.78 is 4.68. The Kier molecular flexibility index (Phi) is 3.52. The number of rotatable bonds is 4. The standard InChI is InChI=1S/C13H18N2O2/c1-17-13(16)10-6-3-7-11(12(10)14)15-8-9-4-2-5-9/h3,6-7,9,15H,2,4-5,8,14H2,1H3. The van der Waals surface area contributed by atoms with Crippen LogP contribution in [0, 0.1) is 5.92 Å². The van der Waals surface area contributed by atoms with Crippen molar-refractivity contribution in [3.8, 4) is 0 Å². The Morgan fingerprint density at radius 2 is 2.29 bits per heavy atom. The summed E-state index contributed by atoms with van der Waals surface area (Å²) in [5.41, 5.74) is 7.65. The number of carbonyl (C=O) groups is 1. The van der Waals surface area contributed by atoms with Crippen molar-refractivity contribution in [1.29, 1.82) is 0 Å². The van der Waals surface area contributed by atoms with E-state index in [2.05, 4.69) is 10.1 Å². The summed E-state index contributed by atoms with van der Waals surface area (Å²) in [6, 6.07) is 5.38. The molecule has 0 saturated heterocycles. The van der Waals surface area contributed by atoms with Gasteiger partial charge in [-0.2, -0.15) is 0 Å². The van der Waals surface area contributed by atoms with Gasteiger partial charge in [-0.25, -0.2) is 4.79 Å². The van der Waals surface area contributed by atoms with E-state index in [4.69, 9.17) is 5.73 Å². The predicted octanol–water partition coefficient (Wildman–Crippen LogP) is 2.27. The molecule has 0 unspecified atom stereocenters. The van der Waals surface area contributed by atoms with E-state index in [-0.39, 0.29) is 0 Å². The number of esters is 1. The molecule has 0 aromatic heterocycles. The number of para-hydroxylation sites is 1. The Labute approximate surface area is 101 Å². The molecule has 3 N–H and O–H groups in total. The fourth-order valence-corrected chi connectivity index (χ4v) is 1.96. The summed E-state index contributed by atoms with van der Waals surface area (Å²) in [4.78, 5) is 11.5.